The molecule has 3 N–H and O–H groups in total. The zero-order chi connectivity index (χ0) is 39.7. The van der Waals surface area contributed by atoms with Gasteiger partial charge in [-0.1, -0.05) is 50.6 Å². The van der Waals surface area contributed by atoms with Crippen molar-refractivity contribution in [1.29, 1.82) is 0 Å². The predicted molar refractivity (Wildman–Crippen MR) is 194 cm³/mol. The number of nitrogens with zero attached hydrogens (tertiary/aromatic N) is 7. The van der Waals surface area contributed by atoms with Gasteiger partial charge in [0.2, 0.25) is 0 Å². The maximum atomic E-state index is 14.6. The van der Waals surface area contributed by atoms with Gasteiger partial charge >= 0.3 is 18.8 Å². The Balaban J connectivity index is 1.41. The number of hydrogen-bond acceptors (Lipinski definition) is 7. The van der Waals surface area contributed by atoms with Crippen molar-refractivity contribution >= 4 is 35.2 Å². The van der Waals surface area contributed by atoms with Gasteiger partial charge in [0, 0.05) is 36.3 Å². The predicted octanol–water partition coefficient (Wildman–Crippen LogP) is 8.06. The zero-order valence-corrected chi connectivity index (χ0v) is 30.7. The van der Waals surface area contributed by atoms with Crippen LogP contribution >= 0.6 is 11.6 Å². The van der Waals surface area contributed by atoms with Gasteiger partial charge in [0.05, 0.1) is 11.1 Å². The molecule has 0 saturated heterocycles. The molecule has 55 heavy (non-hydrogen) atoms. The van der Waals surface area contributed by atoms with Gasteiger partial charge in [-0.3, -0.25) is 14.7 Å². The Morgan fingerprint density at radius 2 is 1.76 bits per heavy atom. The van der Waals surface area contributed by atoms with Crippen molar-refractivity contribution in [1.82, 2.24) is 34.4 Å². The second-order valence-corrected chi connectivity index (χ2v) is 14.7. The third-order valence-corrected chi connectivity index (χ3v) is 9.49. The van der Waals surface area contributed by atoms with Crippen molar-refractivity contribution in [3.8, 4) is 22.5 Å². The molecule has 1 fully saturated rings. The molecular formula is C37H37ClF5N9O3. The second kappa shape index (κ2) is 15.3. The minimum Gasteiger partial charge on any atom is -0.447 e. The molecular weight excluding hydrogens is 749 g/mol. The van der Waals surface area contributed by atoms with Crippen LogP contribution in [0.4, 0.5) is 26.7 Å². The number of nitrogens with two attached hydrogens (primary N) is 1. The number of alkyl halides is 5. The number of carbonyl (C=O) groups excluding carboxylic acids is 2. The lowest BCUT2D eigenvalue weighted by Gasteiger charge is -2.32. The highest BCUT2D eigenvalue weighted by molar-refractivity contribution is 6.33. The molecule has 6 rings (SSSR count). The number of hydrogen-bond donors (Lipinski definition) is 2. The average Bonchev–Trinajstić information content (AvgIpc) is 3.51. The Morgan fingerprint density at radius 1 is 1.04 bits per heavy atom. The number of ether oxygens (including phenoxy) is 1. The highest BCUT2D eigenvalue weighted by Gasteiger charge is 2.64. The van der Waals surface area contributed by atoms with Gasteiger partial charge in [0.1, 0.15) is 24.1 Å². The quantitative estimate of drug-likeness (QED) is 0.0783. The van der Waals surface area contributed by atoms with E-state index in [2.05, 4.69) is 20.1 Å². The first-order chi connectivity index (χ1) is 26.0. The SMILES string of the molecule is CC(C)(C)CCN=C(N)N(C(=O)c1ccc(-c2ccn3ccnc3c2)cc1)[C@H](COC(=O)NC1(C(F)(F)F)CC1)c1ccc(Cl)c(-c2ncnn2C(F)F)c1. The first-order valence-corrected chi connectivity index (χ1v) is 17.5. The van der Waals surface area contributed by atoms with E-state index in [4.69, 9.17) is 22.1 Å². The number of carbonyl (C=O) groups is 2. The first-order valence-electron chi connectivity index (χ1n) is 17.1. The molecule has 3 aromatic heterocycles. The second-order valence-electron chi connectivity index (χ2n) is 14.3. The van der Waals surface area contributed by atoms with Crippen molar-refractivity contribution in [2.45, 2.75) is 64.3 Å². The van der Waals surface area contributed by atoms with Crippen molar-refractivity contribution in [2.24, 2.45) is 16.1 Å². The van der Waals surface area contributed by atoms with E-state index < -0.39 is 42.9 Å². The Hall–Kier alpha value is -5.58. The van der Waals surface area contributed by atoms with Crippen LogP contribution in [-0.2, 0) is 4.74 Å². The summed E-state index contributed by atoms with van der Waals surface area (Å²) in [5.74, 6) is -1.31. The highest BCUT2D eigenvalue weighted by Crippen LogP contribution is 2.49. The van der Waals surface area contributed by atoms with Gasteiger partial charge in [-0.15, -0.1) is 0 Å². The number of pyridine rings is 1. The van der Waals surface area contributed by atoms with E-state index >= 15 is 0 Å². The molecule has 3 heterocycles. The van der Waals surface area contributed by atoms with Crippen molar-refractivity contribution in [3.63, 3.8) is 0 Å². The lowest BCUT2D eigenvalue weighted by atomic mass is 9.92. The molecule has 0 aliphatic heterocycles. The molecule has 0 bridgehead atoms. The van der Waals surface area contributed by atoms with Gasteiger partial charge in [0.15, 0.2) is 11.8 Å². The summed E-state index contributed by atoms with van der Waals surface area (Å²) in [6.07, 6.45) is 0.0211. The van der Waals surface area contributed by atoms with Crippen LogP contribution in [0.5, 0.6) is 0 Å². The number of aliphatic imine (C=N–C) groups is 1. The van der Waals surface area contributed by atoms with E-state index in [0.717, 1.165) is 22.4 Å². The minimum atomic E-state index is -4.72. The molecule has 18 heteroatoms. The van der Waals surface area contributed by atoms with Gasteiger partial charge < -0.3 is 20.2 Å². The molecule has 0 radical (unpaired) electrons. The van der Waals surface area contributed by atoms with Crippen LogP contribution in [0.25, 0.3) is 28.2 Å². The number of rotatable bonds is 11. The fourth-order valence-electron chi connectivity index (χ4n) is 5.84. The molecule has 12 nitrogen and oxygen atoms in total. The molecule has 290 valence electrons. The van der Waals surface area contributed by atoms with Crippen LogP contribution in [0.2, 0.25) is 5.02 Å². The lowest BCUT2D eigenvalue weighted by molar-refractivity contribution is -0.164. The van der Waals surface area contributed by atoms with Crippen LogP contribution in [0.3, 0.4) is 0 Å². The third kappa shape index (κ3) is 8.71. The van der Waals surface area contributed by atoms with Crippen LogP contribution in [0, 0.1) is 5.41 Å². The maximum absolute atomic E-state index is 14.6. The van der Waals surface area contributed by atoms with E-state index in [1.807, 2.05) is 48.8 Å². The Labute approximate surface area is 317 Å². The summed E-state index contributed by atoms with van der Waals surface area (Å²) in [7, 11) is 0. The molecule has 1 atom stereocenters. The van der Waals surface area contributed by atoms with Crippen LogP contribution < -0.4 is 11.1 Å². The van der Waals surface area contributed by atoms with E-state index in [1.54, 1.807) is 36.7 Å². The van der Waals surface area contributed by atoms with Crippen molar-refractivity contribution < 1.29 is 36.3 Å². The number of aromatic nitrogens is 5. The normalized spacial score (nSPS) is 14.9. The number of alkyl carbamates (subject to hydrolysis) is 1. The van der Waals surface area contributed by atoms with Gasteiger partial charge in [-0.05, 0) is 77.8 Å². The molecule has 1 saturated carbocycles. The minimum absolute atomic E-state index is 0.00858. The summed E-state index contributed by atoms with van der Waals surface area (Å²) in [6, 6.07) is 13.1. The van der Waals surface area contributed by atoms with Crippen LogP contribution in [0.15, 0.2) is 84.5 Å². The number of amides is 2. The van der Waals surface area contributed by atoms with E-state index in [-0.39, 0.29) is 58.3 Å². The number of imidazole rings is 1. The van der Waals surface area contributed by atoms with Crippen LogP contribution in [0.1, 0.15) is 68.5 Å². The largest absolute Gasteiger partial charge is 0.447 e. The molecule has 0 spiro atoms. The van der Waals surface area contributed by atoms with Crippen molar-refractivity contribution in [3.05, 3.63) is 95.7 Å². The van der Waals surface area contributed by atoms with Gasteiger partial charge in [-0.25, -0.2) is 14.8 Å². The summed E-state index contributed by atoms with van der Waals surface area (Å²) in [6.45, 7) is 2.33. The Morgan fingerprint density at radius 3 is 2.42 bits per heavy atom. The molecule has 1 aliphatic rings. The van der Waals surface area contributed by atoms with Crippen LogP contribution in [-0.4, -0.2) is 71.9 Å². The summed E-state index contributed by atoms with van der Waals surface area (Å²) in [5.41, 5.74) is 6.55. The molecule has 0 unspecified atom stereocenters. The summed E-state index contributed by atoms with van der Waals surface area (Å²) in [4.78, 5) is 41.3. The fourth-order valence-corrected chi connectivity index (χ4v) is 6.04. The number of nitrogens with one attached hydrogen (secondary N) is 1. The summed E-state index contributed by atoms with van der Waals surface area (Å²) in [5, 5.41) is 5.47. The maximum Gasteiger partial charge on any atom is 0.411 e. The average molecular weight is 786 g/mol. The summed E-state index contributed by atoms with van der Waals surface area (Å²) < 4.78 is 76.4. The number of halogens is 6. The number of fused-ring (bicyclic) bond motifs is 1. The molecule has 1 aliphatic carbocycles. The highest BCUT2D eigenvalue weighted by atomic mass is 35.5. The fraction of sp³-hybridized carbons (Fsp3) is 0.351. The Kier molecular flexibility index (Phi) is 10.9. The van der Waals surface area contributed by atoms with Crippen molar-refractivity contribution in [2.75, 3.05) is 13.2 Å². The first kappa shape index (κ1) is 39.1. The smallest absolute Gasteiger partial charge is 0.411 e. The van der Waals surface area contributed by atoms with E-state index in [1.165, 1.54) is 18.2 Å². The third-order valence-electron chi connectivity index (χ3n) is 9.16. The molecule has 5 aromatic rings. The standard InChI is InChI=1S/C37H37ClF5N9O3/c1-35(2,3)13-14-46-33(44)51(31(53)23-6-4-22(5-7-23)24-10-16-50-17-15-45-29(50)19-24)28(20-55-34(54)49-36(11-12-36)37(41,42)43)25-8-9-27(38)26(18-25)30-47-21-48-52(30)32(39)40/h4-10,15-19,21,28,32H,11-14,20H2,1-3H3,(H2,44,46)(H,49,54)/t28-/m1/s1. The number of benzene rings is 2. The molecule has 2 amide bonds. The number of guanidine groups is 1. The topological polar surface area (TPSA) is 145 Å². The Bertz CT molecular complexity index is 2210. The van der Waals surface area contributed by atoms with Gasteiger partial charge in [0.25, 0.3) is 5.91 Å². The zero-order valence-electron chi connectivity index (χ0n) is 29.9. The van der Waals surface area contributed by atoms with E-state index in [9.17, 15) is 31.5 Å². The van der Waals surface area contributed by atoms with Gasteiger partial charge in [-0.2, -0.15) is 31.7 Å². The lowest BCUT2D eigenvalue weighted by Crippen LogP contribution is -2.49. The molecule has 2 aromatic carbocycles. The van der Waals surface area contributed by atoms with E-state index in [0.29, 0.717) is 16.7 Å². The monoisotopic (exact) mass is 785 g/mol. The summed E-state index contributed by atoms with van der Waals surface area (Å²) >= 11 is 6.46.